The highest BCUT2D eigenvalue weighted by Crippen LogP contribution is 2.20. The van der Waals surface area contributed by atoms with Crippen molar-refractivity contribution in [2.45, 2.75) is 32.9 Å². The van der Waals surface area contributed by atoms with Crippen LogP contribution >= 0.6 is 0 Å². The summed E-state index contributed by atoms with van der Waals surface area (Å²) in [6.07, 6.45) is 0.784. The first-order valence-electron chi connectivity index (χ1n) is 5.91. The van der Waals surface area contributed by atoms with Crippen LogP contribution in [0, 0.1) is 6.92 Å². The molecule has 0 amide bonds. The molecule has 96 valence electrons. The molecule has 1 heterocycles. The number of rotatable bonds is 5. The van der Waals surface area contributed by atoms with Crippen molar-refractivity contribution in [3.05, 3.63) is 41.2 Å². The fourth-order valence-corrected chi connectivity index (χ4v) is 1.69. The number of hydrogen-bond acceptors (Lipinski definition) is 5. The SMILES string of the molecule is Cc1nonc1COc1ccccc1CC(C)N. The van der Waals surface area contributed by atoms with Crippen LogP contribution in [0.5, 0.6) is 5.75 Å². The average molecular weight is 247 g/mol. The Labute approximate surface area is 106 Å². The van der Waals surface area contributed by atoms with Crippen molar-refractivity contribution in [3.63, 3.8) is 0 Å². The molecule has 1 atom stereocenters. The first-order chi connectivity index (χ1) is 8.66. The molecule has 0 saturated heterocycles. The van der Waals surface area contributed by atoms with Gasteiger partial charge in [0, 0.05) is 6.04 Å². The minimum Gasteiger partial charge on any atom is -0.487 e. The number of benzene rings is 1. The number of ether oxygens (including phenoxy) is 1. The molecule has 5 heteroatoms. The van der Waals surface area contributed by atoms with E-state index in [1.807, 2.05) is 38.1 Å². The van der Waals surface area contributed by atoms with Crippen LogP contribution in [-0.2, 0) is 13.0 Å². The highest BCUT2D eigenvalue weighted by Gasteiger charge is 2.09. The molecule has 2 N–H and O–H groups in total. The van der Waals surface area contributed by atoms with Crippen molar-refractivity contribution in [2.75, 3.05) is 0 Å². The van der Waals surface area contributed by atoms with Gasteiger partial charge in [0.1, 0.15) is 23.7 Å². The molecule has 2 aromatic rings. The van der Waals surface area contributed by atoms with E-state index in [0.29, 0.717) is 12.3 Å². The van der Waals surface area contributed by atoms with Gasteiger partial charge in [0.05, 0.1) is 0 Å². The van der Waals surface area contributed by atoms with Crippen LogP contribution in [0.2, 0.25) is 0 Å². The second kappa shape index (κ2) is 5.64. The predicted molar refractivity (Wildman–Crippen MR) is 67.2 cm³/mol. The van der Waals surface area contributed by atoms with E-state index in [4.69, 9.17) is 10.5 Å². The van der Waals surface area contributed by atoms with Gasteiger partial charge in [0.25, 0.3) is 0 Å². The zero-order valence-electron chi connectivity index (χ0n) is 10.6. The smallest absolute Gasteiger partial charge is 0.145 e. The third-order valence-corrected chi connectivity index (χ3v) is 2.63. The third kappa shape index (κ3) is 3.07. The minimum absolute atomic E-state index is 0.102. The molecule has 18 heavy (non-hydrogen) atoms. The first kappa shape index (κ1) is 12.6. The first-order valence-corrected chi connectivity index (χ1v) is 5.91. The maximum atomic E-state index is 5.82. The number of hydrogen-bond donors (Lipinski definition) is 1. The van der Waals surface area contributed by atoms with Gasteiger partial charge in [-0.05, 0) is 31.9 Å². The van der Waals surface area contributed by atoms with Crippen LogP contribution in [0.3, 0.4) is 0 Å². The molecule has 0 saturated carbocycles. The molecule has 1 aromatic carbocycles. The maximum absolute atomic E-state index is 5.82. The Hall–Kier alpha value is -1.88. The van der Waals surface area contributed by atoms with Gasteiger partial charge in [0.2, 0.25) is 0 Å². The fraction of sp³-hybridized carbons (Fsp3) is 0.385. The quantitative estimate of drug-likeness (QED) is 0.872. The van der Waals surface area contributed by atoms with Crippen molar-refractivity contribution in [1.82, 2.24) is 10.3 Å². The number of aromatic nitrogens is 2. The lowest BCUT2D eigenvalue weighted by atomic mass is 10.1. The molecule has 0 radical (unpaired) electrons. The van der Waals surface area contributed by atoms with Gasteiger partial charge in [-0.3, -0.25) is 0 Å². The summed E-state index contributed by atoms with van der Waals surface area (Å²) >= 11 is 0. The van der Waals surface area contributed by atoms with Gasteiger partial charge in [0.15, 0.2) is 0 Å². The predicted octanol–water partition coefficient (Wildman–Crippen LogP) is 1.85. The Balaban J connectivity index is 2.07. The average Bonchev–Trinajstić information content (AvgIpc) is 2.73. The van der Waals surface area contributed by atoms with Crippen molar-refractivity contribution >= 4 is 0 Å². The van der Waals surface area contributed by atoms with Crippen LogP contribution in [0.1, 0.15) is 23.9 Å². The van der Waals surface area contributed by atoms with Crippen molar-refractivity contribution < 1.29 is 9.37 Å². The monoisotopic (exact) mass is 247 g/mol. The van der Waals surface area contributed by atoms with Crippen LogP contribution in [0.25, 0.3) is 0 Å². The summed E-state index contributed by atoms with van der Waals surface area (Å²) in [4.78, 5) is 0. The van der Waals surface area contributed by atoms with Crippen LogP contribution < -0.4 is 10.5 Å². The zero-order chi connectivity index (χ0) is 13.0. The number of aryl methyl sites for hydroxylation is 1. The second-order valence-corrected chi connectivity index (χ2v) is 4.37. The number of nitrogens with two attached hydrogens (primary N) is 1. The Kier molecular flexibility index (Phi) is 3.94. The molecule has 0 bridgehead atoms. The molecular weight excluding hydrogens is 230 g/mol. The summed E-state index contributed by atoms with van der Waals surface area (Å²) in [7, 11) is 0. The molecule has 0 spiro atoms. The molecule has 0 aliphatic carbocycles. The van der Waals surface area contributed by atoms with Gasteiger partial charge in [-0.25, -0.2) is 4.63 Å². The normalized spacial score (nSPS) is 12.4. The molecular formula is C13H17N3O2. The summed E-state index contributed by atoms with van der Waals surface area (Å²) in [5.74, 6) is 0.831. The molecule has 1 aromatic heterocycles. The topological polar surface area (TPSA) is 74.2 Å². The van der Waals surface area contributed by atoms with Gasteiger partial charge >= 0.3 is 0 Å². The van der Waals surface area contributed by atoms with Gasteiger partial charge < -0.3 is 10.5 Å². The Morgan fingerprint density at radius 2 is 2.11 bits per heavy atom. The summed E-state index contributed by atoms with van der Waals surface area (Å²) in [6.45, 7) is 4.16. The zero-order valence-corrected chi connectivity index (χ0v) is 10.6. The fourth-order valence-electron chi connectivity index (χ4n) is 1.69. The van der Waals surface area contributed by atoms with Gasteiger partial charge in [-0.2, -0.15) is 0 Å². The van der Waals surface area contributed by atoms with Crippen molar-refractivity contribution in [2.24, 2.45) is 5.73 Å². The van der Waals surface area contributed by atoms with E-state index in [2.05, 4.69) is 14.9 Å². The van der Waals surface area contributed by atoms with E-state index in [9.17, 15) is 0 Å². The van der Waals surface area contributed by atoms with Crippen LogP contribution in [-0.4, -0.2) is 16.4 Å². The summed E-state index contributed by atoms with van der Waals surface area (Å²) < 4.78 is 10.4. The summed E-state index contributed by atoms with van der Waals surface area (Å²) in [5.41, 5.74) is 8.38. The number of para-hydroxylation sites is 1. The van der Waals surface area contributed by atoms with Crippen LogP contribution in [0.15, 0.2) is 28.9 Å². The maximum Gasteiger partial charge on any atom is 0.145 e. The van der Waals surface area contributed by atoms with E-state index < -0.39 is 0 Å². The van der Waals surface area contributed by atoms with Crippen molar-refractivity contribution in [1.29, 1.82) is 0 Å². The molecule has 5 nitrogen and oxygen atoms in total. The Morgan fingerprint density at radius 1 is 1.33 bits per heavy atom. The van der Waals surface area contributed by atoms with Crippen molar-refractivity contribution in [3.8, 4) is 5.75 Å². The summed E-state index contributed by atoms with van der Waals surface area (Å²) in [5, 5.41) is 7.50. The highest BCUT2D eigenvalue weighted by atomic mass is 16.6. The second-order valence-electron chi connectivity index (χ2n) is 4.37. The molecule has 0 aliphatic rings. The Morgan fingerprint density at radius 3 is 2.78 bits per heavy atom. The largest absolute Gasteiger partial charge is 0.487 e. The number of nitrogens with zero attached hydrogens (tertiary/aromatic N) is 2. The minimum atomic E-state index is 0.102. The van der Waals surface area contributed by atoms with Gasteiger partial charge in [-0.1, -0.05) is 28.5 Å². The lowest BCUT2D eigenvalue weighted by Gasteiger charge is -2.12. The lowest BCUT2D eigenvalue weighted by Crippen LogP contribution is -2.18. The third-order valence-electron chi connectivity index (χ3n) is 2.63. The van der Waals surface area contributed by atoms with E-state index in [0.717, 1.165) is 23.4 Å². The highest BCUT2D eigenvalue weighted by molar-refractivity contribution is 5.34. The van der Waals surface area contributed by atoms with E-state index in [-0.39, 0.29) is 6.04 Å². The lowest BCUT2D eigenvalue weighted by molar-refractivity contribution is 0.268. The standard InChI is InChI=1S/C13H17N3O2/c1-9(14)7-11-5-3-4-6-13(11)17-8-12-10(2)15-18-16-12/h3-6,9H,7-8,14H2,1-2H3. The Bertz CT molecular complexity index is 508. The van der Waals surface area contributed by atoms with Crippen LogP contribution in [0.4, 0.5) is 0 Å². The summed E-state index contributed by atoms with van der Waals surface area (Å²) in [6, 6.07) is 7.97. The molecule has 1 unspecified atom stereocenters. The van der Waals surface area contributed by atoms with E-state index >= 15 is 0 Å². The van der Waals surface area contributed by atoms with Gasteiger partial charge in [-0.15, -0.1) is 0 Å². The molecule has 0 aliphatic heterocycles. The van der Waals surface area contributed by atoms with E-state index in [1.54, 1.807) is 0 Å². The molecule has 0 fully saturated rings. The van der Waals surface area contributed by atoms with E-state index in [1.165, 1.54) is 0 Å². The molecule has 2 rings (SSSR count).